The fraction of sp³-hybridized carbons (Fsp3) is 0.455. The van der Waals surface area contributed by atoms with Gasteiger partial charge in [0.05, 0.1) is 18.4 Å². The van der Waals surface area contributed by atoms with Crippen LogP contribution in [0.1, 0.15) is 102 Å². The number of ether oxygens (including phenoxy) is 1. The largest absolute Gasteiger partial charge is 0.465 e. The molecule has 5 nitrogen and oxygen atoms in total. The summed E-state index contributed by atoms with van der Waals surface area (Å²) >= 11 is 0. The van der Waals surface area contributed by atoms with E-state index >= 15 is 4.39 Å². The van der Waals surface area contributed by atoms with Gasteiger partial charge in [-0.2, -0.15) is 0 Å². The number of nitrogens with zero attached hydrogens (tertiary/aromatic N) is 1. The molecule has 1 heterocycles. The lowest BCUT2D eigenvalue weighted by Gasteiger charge is -2.13. The van der Waals surface area contributed by atoms with Gasteiger partial charge in [0.2, 0.25) is 5.78 Å². The van der Waals surface area contributed by atoms with E-state index in [4.69, 9.17) is 9.84 Å². The zero-order chi connectivity index (χ0) is 29.1. The van der Waals surface area contributed by atoms with Crippen molar-refractivity contribution in [3.63, 3.8) is 0 Å². The predicted molar refractivity (Wildman–Crippen MR) is 154 cm³/mol. The Hall–Kier alpha value is -3.32. The summed E-state index contributed by atoms with van der Waals surface area (Å²) in [5.41, 5.74) is 1.55. The van der Waals surface area contributed by atoms with E-state index in [0.29, 0.717) is 12.2 Å². The highest BCUT2D eigenvalue weighted by Crippen LogP contribution is 2.36. The molecule has 2 aromatic carbocycles. The Bertz CT molecular complexity index is 1280. The van der Waals surface area contributed by atoms with Crippen LogP contribution in [0.15, 0.2) is 42.6 Å². The highest BCUT2D eigenvalue weighted by molar-refractivity contribution is 6.15. The molecule has 216 valence electrons. The molecule has 0 spiro atoms. The lowest BCUT2D eigenvalue weighted by Crippen LogP contribution is -2.10. The zero-order valence-electron chi connectivity index (χ0n) is 23.9. The van der Waals surface area contributed by atoms with E-state index in [1.54, 1.807) is 19.2 Å². The number of rotatable bonds is 16. The number of esters is 1. The molecule has 3 rings (SSSR count). The maximum absolute atomic E-state index is 15.0. The van der Waals surface area contributed by atoms with Crippen molar-refractivity contribution < 1.29 is 28.2 Å². The molecule has 40 heavy (non-hydrogen) atoms. The minimum Gasteiger partial charge on any atom is -0.465 e. The van der Waals surface area contributed by atoms with E-state index in [0.717, 1.165) is 49.8 Å². The van der Waals surface area contributed by atoms with E-state index in [9.17, 15) is 14.0 Å². The second-order valence-corrected chi connectivity index (χ2v) is 10.4. The smallest absolute Gasteiger partial charge is 0.340 e. The van der Waals surface area contributed by atoms with Crippen molar-refractivity contribution in [2.24, 2.45) is 7.05 Å². The molecule has 1 aromatic heterocycles. The van der Waals surface area contributed by atoms with Gasteiger partial charge in [-0.05, 0) is 49.4 Å². The monoisotopic (exact) mass is 553 g/mol. The molecule has 0 aliphatic heterocycles. The van der Waals surface area contributed by atoms with Gasteiger partial charge in [-0.3, -0.25) is 4.79 Å². The van der Waals surface area contributed by atoms with Crippen molar-refractivity contribution in [3.8, 4) is 11.1 Å². The minimum absolute atomic E-state index is 0.000678. The number of ketones is 1. The number of unbranched alkanes of at least 4 members (excludes halogenated alkanes) is 9. The highest BCUT2D eigenvalue weighted by Gasteiger charge is 2.29. The summed E-state index contributed by atoms with van der Waals surface area (Å²) < 4.78 is 35.8. The standard InChI is InChI=1S/C33H41F2NO4/c1-23-27(34)19-20-28(35)29(23)30-26(33(39)40-3)22-36(2)31(30)32(38)25-17-15-24(16-18-25)14-12-10-8-6-4-5-7-9-11-13-21-37/h15-20,22,37H,4-14,21H2,1-3H3. The van der Waals surface area contributed by atoms with Crippen molar-refractivity contribution in [3.05, 3.63) is 82.2 Å². The zero-order valence-corrected chi connectivity index (χ0v) is 23.9. The molecule has 0 atom stereocenters. The molecule has 3 aromatic rings. The van der Waals surface area contributed by atoms with E-state index in [2.05, 4.69) is 0 Å². The average Bonchev–Trinajstić information content (AvgIpc) is 3.29. The van der Waals surface area contributed by atoms with E-state index in [1.807, 2.05) is 12.1 Å². The Labute approximate surface area is 236 Å². The lowest BCUT2D eigenvalue weighted by molar-refractivity contribution is 0.0601. The summed E-state index contributed by atoms with van der Waals surface area (Å²) in [6.07, 6.45) is 14.0. The maximum atomic E-state index is 15.0. The molecule has 0 radical (unpaired) electrons. The van der Waals surface area contributed by atoms with E-state index in [-0.39, 0.29) is 27.9 Å². The number of benzene rings is 2. The van der Waals surface area contributed by atoms with Crippen molar-refractivity contribution in [2.45, 2.75) is 77.6 Å². The van der Waals surface area contributed by atoms with Crippen molar-refractivity contribution in [1.82, 2.24) is 4.57 Å². The Morgan fingerprint density at radius 1 is 0.800 bits per heavy atom. The lowest BCUT2D eigenvalue weighted by atomic mass is 9.93. The van der Waals surface area contributed by atoms with Gasteiger partial charge in [0, 0.05) is 36.5 Å². The third-order valence-corrected chi connectivity index (χ3v) is 7.49. The quantitative estimate of drug-likeness (QED) is 0.112. The topological polar surface area (TPSA) is 68.5 Å². The molecular weight excluding hydrogens is 512 g/mol. The Morgan fingerprint density at radius 3 is 1.93 bits per heavy atom. The van der Waals surface area contributed by atoms with Crippen LogP contribution in [0.4, 0.5) is 8.78 Å². The fourth-order valence-corrected chi connectivity index (χ4v) is 5.19. The number of halogens is 2. The fourth-order valence-electron chi connectivity index (χ4n) is 5.19. The molecule has 1 N–H and O–H groups in total. The molecule has 0 amide bonds. The normalized spacial score (nSPS) is 11.2. The second-order valence-electron chi connectivity index (χ2n) is 10.4. The molecule has 0 unspecified atom stereocenters. The third-order valence-electron chi connectivity index (χ3n) is 7.49. The van der Waals surface area contributed by atoms with Gasteiger partial charge >= 0.3 is 5.97 Å². The van der Waals surface area contributed by atoms with Gasteiger partial charge in [0.25, 0.3) is 0 Å². The van der Waals surface area contributed by atoms with Gasteiger partial charge < -0.3 is 14.4 Å². The van der Waals surface area contributed by atoms with Crippen LogP contribution < -0.4 is 0 Å². The Balaban J connectivity index is 1.66. The first kappa shape index (κ1) is 31.2. The van der Waals surface area contributed by atoms with E-state index < -0.39 is 23.4 Å². The molecule has 0 aliphatic rings. The maximum Gasteiger partial charge on any atom is 0.340 e. The number of aryl methyl sites for hydroxylation is 2. The first-order valence-corrected chi connectivity index (χ1v) is 14.3. The van der Waals surface area contributed by atoms with Crippen LogP contribution in [0.2, 0.25) is 0 Å². The van der Waals surface area contributed by atoms with Crippen molar-refractivity contribution in [1.29, 1.82) is 0 Å². The number of aromatic nitrogens is 1. The van der Waals surface area contributed by atoms with Crippen molar-refractivity contribution in [2.75, 3.05) is 13.7 Å². The third kappa shape index (κ3) is 7.87. The number of carbonyl (C=O) groups excluding carboxylic acids is 2. The molecule has 0 aliphatic carbocycles. The van der Waals surface area contributed by atoms with Gasteiger partial charge in [0.15, 0.2) is 0 Å². The summed E-state index contributed by atoms with van der Waals surface area (Å²) in [5, 5.41) is 8.81. The SMILES string of the molecule is COC(=O)c1cn(C)c(C(=O)c2ccc(CCCCCCCCCCCCO)cc2)c1-c1c(F)ccc(F)c1C. The van der Waals surface area contributed by atoms with E-state index in [1.165, 1.54) is 63.3 Å². The van der Waals surface area contributed by atoms with Crippen LogP contribution in [-0.2, 0) is 18.2 Å². The van der Waals surface area contributed by atoms with Crippen LogP contribution in [0.3, 0.4) is 0 Å². The minimum atomic E-state index is -0.735. The van der Waals surface area contributed by atoms with Gasteiger partial charge in [-0.1, -0.05) is 75.6 Å². The molecule has 0 saturated carbocycles. The summed E-state index contributed by atoms with van der Waals surface area (Å²) in [7, 11) is 2.80. The second kappa shape index (κ2) is 15.5. The highest BCUT2D eigenvalue weighted by atomic mass is 19.1. The van der Waals surface area contributed by atoms with Gasteiger partial charge in [-0.15, -0.1) is 0 Å². The Kier molecular flexibility index (Phi) is 12.1. The summed E-state index contributed by atoms with van der Waals surface area (Å²) in [6, 6.07) is 9.37. The van der Waals surface area contributed by atoms with Crippen LogP contribution in [0.25, 0.3) is 11.1 Å². The van der Waals surface area contributed by atoms with Crippen LogP contribution >= 0.6 is 0 Å². The van der Waals surface area contributed by atoms with Crippen LogP contribution in [-0.4, -0.2) is 35.1 Å². The number of carbonyl (C=O) groups is 2. The van der Waals surface area contributed by atoms with Gasteiger partial charge in [0.1, 0.15) is 11.6 Å². The molecule has 0 saturated heterocycles. The number of aliphatic hydroxyl groups excluding tert-OH is 1. The van der Waals surface area contributed by atoms with Gasteiger partial charge in [-0.25, -0.2) is 13.6 Å². The predicted octanol–water partition coefficient (Wildman–Crippen LogP) is 7.73. The summed E-state index contributed by atoms with van der Waals surface area (Å²) in [6.45, 7) is 1.72. The van der Waals surface area contributed by atoms with Crippen molar-refractivity contribution >= 4 is 11.8 Å². The number of methoxy groups -OCH3 is 1. The average molecular weight is 554 g/mol. The summed E-state index contributed by atoms with van der Waals surface area (Å²) in [5.74, 6) is -2.48. The first-order chi connectivity index (χ1) is 19.3. The number of hydrogen-bond acceptors (Lipinski definition) is 4. The molecular formula is C33H41F2NO4. The molecule has 7 heteroatoms. The van der Waals surface area contributed by atoms with Crippen LogP contribution in [0.5, 0.6) is 0 Å². The molecule has 0 fully saturated rings. The summed E-state index contributed by atoms with van der Waals surface area (Å²) in [4.78, 5) is 26.2. The van der Waals surface area contributed by atoms with Crippen LogP contribution in [0, 0.1) is 18.6 Å². The molecule has 0 bridgehead atoms. The first-order valence-electron chi connectivity index (χ1n) is 14.3. The Morgan fingerprint density at radius 2 is 1.35 bits per heavy atom. The number of hydrogen-bond donors (Lipinski definition) is 1. The number of aliphatic hydroxyl groups is 1.